The van der Waals surface area contributed by atoms with E-state index in [-0.39, 0.29) is 5.92 Å². The van der Waals surface area contributed by atoms with Gasteiger partial charge < -0.3 is 19.9 Å². The van der Waals surface area contributed by atoms with Crippen LogP contribution in [-0.4, -0.2) is 30.1 Å². The quantitative estimate of drug-likeness (QED) is 0.544. The molecule has 0 aliphatic carbocycles. The number of rotatable bonds is 9. The van der Waals surface area contributed by atoms with Crippen LogP contribution in [0.4, 0.5) is 0 Å². The van der Waals surface area contributed by atoms with Gasteiger partial charge in [0.15, 0.2) is 11.5 Å². The van der Waals surface area contributed by atoms with Gasteiger partial charge in [-0.1, -0.05) is 44.2 Å². The van der Waals surface area contributed by atoms with Crippen molar-refractivity contribution in [2.24, 2.45) is 5.92 Å². The third kappa shape index (κ3) is 6.64. The highest BCUT2D eigenvalue weighted by Crippen LogP contribution is 2.37. The Morgan fingerprint density at radius 2 is 1.90 bits per heavy atom. The summed E-state index contributed by atoms with van der Waals surface area (Å²) in [6.45, 7) is 3.86. The van der Waals surface area contributed by atoms with E-state index >= 15 is 0 Å². The molecule has 1 atom stereocenters. The Morgan fingerprint density at radius 3 is 2.48 bits per heavy atom. The summed E-state index contributed by atoms with van der Waals surface area (Å²) >= 11 is 3.48. The number of hydrogen-bond donors (Lipinski definition) is 2. The number of carboxylic acids is 1. The average Bonchev–Trinajstić information content (AvgIpc) is 2.69. The van der Waals surface area contributed by atoms with Gasteiger partial charge in [-0.05, 0) is 51.2 Å². The van der Waals surface area contributed by atoms with Crippen molar-refractivity contribution in [2.45, 2.75) is 26.5 Å². The van der Waals surface area contributed by atoms with E-state index in [1.54, 1.807) is 32.1 Å². The van der Waals surface area contributed by atoms with Crippen molar-refractivity contribution in [3.05, 3.63) is 64.1 Å². The van der Waals surface area contributed by atoms with Gasteiger partial charge in [0.05, 0.1) is 11.6 Å². The van der Waals surface area contributed by atoms with Crippen LogP contribution in [0.25, 0.3) is 6.08 Å². The Labute approximate surface area is 178 Å². The molecule has 0 unspecified atom stereocenters. The summed E-state index contributed by atoms with van der Waals surface area (Å²) in [5.74, 6) is -0.693. The molecule has 2 aromatic rings. The Kier molecular flexibility index (Phi) is 8.27. The van der Waals surface area contributed by atoms with Gasteiger partial charge in [-0.2, -0.15) is 0 Å². The highest BCUT2D eigenvalue weighted by atomic mass is 79.9. The number of halogens is 1. The van der Waals surface area contributed by atoms with Gasteiger partial charge in [0.2, 0.25) is 5.91 Å². The van der Waals surface area contributed by atoms with Crippen LogP contribution in [0.5, 0.6) is 11.5 Å². The fourth-order valence-electron chi connectivity index (χ4n) is 2.59. The zero-order valence-corrected chi connectivity index (χ0v) is 18.1. The van der Waals surface area contributed by atoms with Gasteiger partial charge in [0.1, 0.15) is 12.6 Å². The second-order valence-corrected chi connectivity index (χ2v) is 7.56. The lowest BCUT2D eigenvalue weighted by molar-refractivity contribution is -0.142. The van der Waals surface area contributed by atoms with Crippen molar-refractivity contribution in [1.82, 2.24) is 5.32 Å². The second-order valence-electron chi connectivity index (χ2n) is 6.71. The lowest BCUT2D eigenvalue weighted by Gasteiger charge is -2.16. The number of methoxy groups -OCH3 is 1. The third-order valence-electron chi connectivity index (χ3n) is 4.14. The molecule has 2 rings (SSSR count). The lowest BCUT2D eigenvalue weighted by Crippen LogP contribution is -2.43. The normalized spacial score (nSPS) is 12.0. The second kappa shape index (κ2) is 10.7. The molecule has 29 heavy (non-hydrogen) atoms. The number of carboxylic acid groups (broad SMARTS) is 1. The first-order valence-corrected chi connectivity index (χ1v) is 9.86. The zero-order valence-electron chi connectivity index (χ0n) is 16.5. The number of carbonyl (C=O) groups is 2. The van der Waals surface area contributed by atoms with E-state index in [0.29, 0.717) is 28.1 Å². The first-order chi connectivity index (χ1) is 13.8. The summed E-state index contributed by atoms with van der Waals surface area (Å²) in [6.07, 6.45) is 2.88. The first-order valence-electron chi connectivity index (χ1n) is 9.07. The van der Waals surface area contributed by atoms with Gasteiger partial charge in [0.25, 0.3) is 0 Å². The summed E-state index contributed by atoms with van der Waals surface area (Å²) in [5.41, 5.74) is 1.73. The van der Waals surface area contributed by atoms with E-state index in [2.05, 4.69) is 21.2 Å². The monoisotopic (exact) mass is 461 g/mol. The maximum Gasteiger partial charge on any atom is 0.326 e. The Morgan fingerprint density at radius 1 is 1.21 bits per heavy atom. The van der Waals surface area contributed by atoms with Crippen LogP contribution in [0.1, 0.15) is 25.0 Å². The molecule has 0 aromatic heterocycles. The Balaban J connectivity index is 2.12. The smallest absolute Gasteiger partial charge is 0.326 e. The van der Waals surface area contributed by atoms with Gasteiger partial charge in [0, 0.05) is 6.08 Å². The predicted molar refractivity (Wildman–Crippen MR) is 115 cm³/mol. The Hall–Kier alpha value is -2.80. The molecule has 0 aliphatic heterocycles. The molecule has 0 aliphatic rings. The molecule has 0 fully saturated rings. The number of carbonyl (C=O) groups excluding carboxylic acids is 1. The number of aliphatic carboxylic acids is 1. The van der Waals surface area contributed by atoms with Gasteiger partial charge >= 0.3 is 5.97 Å². The van der Waals surface area contributed by atoms with Crippen LogP contribution >= 0.6 is 15.9 Å². The fraction of sp³-hybridized carbons (Fsp3) is 0.273. The maximum atomic E-state index is 12.1. The van der Waals surface area contributed by atoms with E-state index < -0.39 is 17.9 Å². The number of benzene rings is 2. The highest BCUT2D eigenvalue weighted by Gasteiger charge is 2.22. The minimum Gasteiger partial charge on any atom is -0.493 e. The molecule has 0 spiro atoms. The third-order valence-corrected chi connectivity index (χ3v) is 4.72. The van der Waals surface area contributed by atoms with Crippen molar-refractivity contribution in [3.8, 4) is 11.5 Å². The summed E-state index contributed by atoms with van der Waals surface area (Å²) < 4.78 is 12.0. The van der Waals surface area contributed by atoms with Crippen molar-refractivity contribution in [1.29, 1.82) is 0 Å². The molecule has 0 bridgehead atoms. The molecular weight excluding hydrogens is 438 g/mol. The molecule has 7 heteroatoms. The predicted octanol–water partition coefficient (Wildman–Crippen LogP) is 4.28. The molecular formula is C22H24BrNO5. The van der Waals surface area contributed by atoms with Crippen LogP contribution in [0.2, 0.25) is 0 Å². The summed E-state index contributed by atoms with van der Waals surface area (Å²) in [4.78, 5) is 23.3. The number of ether oxygens (including phenoxy) is 2. The summed E-state index contributed by atoms with van der Waals surface area (Å²) in [7, 11) is 1.54. The fourth-order valence-corrected chi connectivity index (χ4v) is 3.17. The molecule has 6 nitrogen and oxygen atoms in total. The summed E-state index contributed by atoms with van der Waals surface area (Å²) in [5, 5.41) is 11.7. The standard InChI is InChI=1S/C22H24BrNO5/c1-14(2)20(22(26)27)24-19(25)10-9-16-11-17(23)21(18(12-16)28-3)29-13-15-7-5-4-6-8-15/h4-12,14,20H,13H2,1-3H3,(H,24,25)(H,26,27)/b10-9+/t20-/m1/s1. The SMILES string of the molecule is COc1cc(/C=C/C(=O)N[C@@H](C(=O)O)C(C)C)cc(Br)c1OCc1ccccc1. The van der Waals surface area contributed by atoms with Gasteiger partial charge in [-0.25, -0.2) is 4.79 Å². The van der Waals surface area contributed by atoms with E-state index in [4.69, 9.17) is 9.47 Å². The molecule has 0 radical (unpaired) electrons. The van der Waals surface area contributed by atoms with E-state index in [1.807, 2.05) is 30.3 Å². The number of amides is 1. The zero-order chi connectivity index (χ0) is 21.4. The largest absolute Gasteiger partial charge is 0.493 e. The van der Waals surface area contributed by atoms with Gasteiger partial charge in [-0.15, -0.1) is 0 Å². The number of nitrogens with one attached hydrogen (secondary N) is 1. The van der Waals surface area contributed by atoms with Crippen LogP contribution in [0, 0.1) is 5.92 Å². The van der Waals surface area contributed by atoms with Crippen molar-refractivity contribution in [2.75, 3.05) is 7.11 Å². The molecule has 0 saturated heterocycles. The van der Waals surface area contributed by atoms with Crippen LogP contribution < -0.4 is 14.8 Å². The summed E-state index contributed by atoms with van der Waals surface area (Å²) in [6, 6.07) is 12.4. The lowest BCUT2D eigenvalue weighted by atomic mass is 10.0. The number of hydrogen-bond acceptors (Lipinski definition) is 4. The molecule has 0 saturated carbocycles. The van der Waals surface area contributed by atoms with Crippen molar-refractivity contribution >= 4 is 33.9 Å². The molecule has 0 heterocycles. The van der Waals surface area contributed by atoms with Crippen molar-refractivity contribution in [3.63, 3.8) is 0 Å². The average molecular weight is 462 g/mol. The maximum absolute atomic E-state index is 12.1. The molecule has 2 N–H and O–H groups in total. The van der Waals surface area contributed by atoms with E-state index in [1.165, 1.54) is 13.2 Å². The van der Waals surface area contributed by atoms with E-state index in [0.717, 1.165) is 5.56 Å². The highest BCUT2D eigenvalue weighted by molar-refractivity contribution is 9.10. The Bertz CT molecular complexity index is 880. The minimum absolute atomic E-state index is 0.222. The van der Waals surface area contributed by atoms with Crippen molar-refractivity contribution < 1.29 is 24.2 Å². The molecule has 2 aromatic carbocycles. The minimum atomic E-state index is -1.06. The van der Waals surface area contributed by atoms with Crippen LogP contribution in [0.3, 0.4) is 0 Å². The van der Waals surface area contributed by atoms with Crippen LogP contribution in [0.15, 0.2) is 53.0 Å². The van der Waals surface area contributed by atoms with E-state index in [9.17, 15) is 14.7 Å². The van der Waals surface area contributed by atoms with Gasteiger partial charge in [-0.3, -0.25) is 4.79 Å². The molecule has 154 valence electrons. The first kappa shape index (κ1) is 22.5. The topological polar surface area (TPSA) is 84.9 Å². The molecule has 1 amide bonds. The van der Waals surface area contributed by atoms with Crippen LogP contribution in [-0.2, 0) is 16.2 Å².